The van der Waals surface area contributed by atoms with Crippen molar-refractivity contribution in [2.45, 2.75) is 31.5 Å². The molecule has 0 unspecified atom stereocenters. The molecular formula is C16H25N3O. The molecule has 0 aliphatic carbocycles. The standard InChI is InChI=1S/C16H25N3O/c1-20-16-4-2-13(3-5-16)10-18-8-6-15(7-9-18)19-11-14(17)12-19/h2-5,14-15H,6-12,17H2,1H3. The van der Waals surface area contributed by atoms with Crippen LogP contribution in [0, 0.1) is 0 Å². The van der Waals surface area contributed by atoms with Crippen LogP contribution in [0.15, 0.2) is 24.3 Å². The van der Waals surface area contributed by atoms with Crippen LogP contribution >= 0.6 is 0 Å². The number of hydrogen-bond acceptors (Lipinski definition) is 4. The fraction of sp³-hybridized carbons (Fsp3) is 0.625. The molecule has 0 radical (unpaired) electrons. The van der Waals surface area contributed by atoms with E-state index in [1.807, 2.05) is 12.1 Å². The van der Waals surface area contributed by atoms with E-state index in [1.54, 1.807) is 7.11 Å². The second kappa shape index (κ2) is 6.12. The van der Waals surface area contributed by atoms with Crippen molar-refractivity contribution < 1.29 is 4.74 Å². The molecule has 3 rings (SSSR count). The summed E-state index contributed by atoms with van der Waals surface area (Å²) in [6.45, 7) is 5.65. The zero-order chi connectivity index (χ0) is 13.9. The van der Waals surface area contributed by atoms with Crippen LogP contribution < -0.4 is 10.5 Å². The normalized spacial score (nSPS) is 22.7. The number of piperidine rings is 1. The van der Waals surface area contributed by atoms with Gasteiger partial charge >= 0.3 is 0 Å². The highest BCUT2D eigenvalue weighted by Gasteiger charge is 2.31. The summed E-state index contributed by atoms with van der Waals surface area (Å²) in [6, 6.07) is 9.61. The van der Waals surface area contributed by atoms with Crippen LogP contribution in [0.3, 0.4) is 0 Å². The Hall–Kier alpha value is -1.10. The molecule has 2 heterocycles. The number of likely N-dealkylation sites (tertiary alicyclic amines) is 2. The molecule has 0 atom stereocenters. The summed E-state index contributed by atoms with van der Waals surface area (Å²) in [4.78, 5) is 5.10. The molecule has 2 aliphatic heterocycles. The van der Waals surface area contributed by atoms with Gasteiger partial charge in [-0.2, -0.15) is 0 Å². The molecular weight excluding hydrogens is 250 g/mol. The van der Waals surface area contributed by atoms with E-state index < -0.39 is 0 Å². The molecule has 1 aromatic rings. The Morgan fingerprint density at radius 1 is 1.15 bits per heavy atom. The van der Waals surface area contributed by atoms with Gasteiger partial charge in [-0.3, -0.25) is 9.80 Å². The van der Waals surface area contributed by atoms with Gasteiger partial charge in [-0.25, -0.2) is 0 Å². The fourth-order valence-electron chi connectivity index (χ4n) is 3.28. The third-order valence-corrected chi connectivity index (χ3v) is 4.58. The van der Waals surface area contributed by atoms with Crippen LogP contribution in [0.4, 0.5) is 0 Å². The average molecular weight is 275 g/mol. The summed E-state index contributed by atoms with van der Waals surface area (Å²) in [7, 11) is 1.71. The first-order valence-electron chi connectivity index (χ1n) is 7.59. The van der Waals surface area contributed by atoms with Crippen molar-refractivity contribution in [1.82, 2.24) is 9.80 Å². The van der Waals surface area contributed by atoms with E-state index in [1.165, 1.54) is 31.5 Å². The van der Waals surface area contributed by atoms with Crippen LogP contribution in [0.2, 0.25) is 0 Å². The highest BCUT2D eigenvalue weighted by molar-refractivity contribution is 5.27. The zero-order valence-corrected chi connectivity index (χ0v) is 12.3. The highest BCUT2D eigenvalue weighted by Crippen LogP contribution is 2.22. The molecule has 0 spiro atoms. The van der Waals surface area contributed by atoms with E-state index in [-0.39, 0.29) is 0 Å². The summed E-state index contributed by atoms with van der Waals surface area (Å²) in [5.74, 6) is 0.932. The van der Waals surface area contributed by atoms with E-state index in [0.717, 1.165) is 31.4 Å². The molecule has 0 bridgehead atoms. The summed E-state index contributed by atoms with van der Waals surface area (Å²) < 4.78 is 5.20. The summed E-state index contributed by atoms with van der Waals surface area (Å²) in [5.41, 5.74) is 7.24. The molecule has 2 fully saturated rings. The lowest BCUT2D eigenvalue weighted by Crippen LogP contribution is -2.61. The molecule has 0 amide bonds. The largest absolute Gasteiger partial charge is 0.497 e. The monoisotopic (exact) mass is 275 g/mol. The van der Waals surface area contributed by atoms with Crippen molar-refractivity contribution in [2.75, 3.05) is 33.3 Å². The first kappa shape index (κ1) is 13.9. The first-order valence-corrected chi connectivity index (χ1v) is 7.59. The molecule has 4 heteroatoms. The molecule has 2 N–H and O–H groups in total. The Kier molecular flexibility index (Phi) is 4.24. The molecule has 0 aromatic heterocycles. The Morgan fingerprint density at radius 2 is 1.80 bits per heavy atom. The van der Waals surface area contributed by atoms with E-state index in [9.17, 15) is 0 Å². The Balaban J connectivity index is 1.45. The molecule has 1 aromatic carbocycles. The lowest BCUT2D eigenvalue weighted by molar-refractivity contribution is 0.0469. The minimum Gasteiger partial charge on any atom is -0.497 e. The van der Waals surface area contributed by atoms with E-state index in [4.69, 9.17) is 10.5 Å². The molecule has 20 heavy (non-hydrogen) atoms. The smallest absolute Gasteiger partial charge is 0.118 e. The first-order chi connectivity index (χ1) is 9.74. The number of hydrogen-bond donors (Lipinski definition) is 1. The predicted molar refractivity (Wildman–Crippen MR) is 80.8 cm³/mol. The van der Waals surface area contributed by atoms with Gasteiger partial charge in [0.15, 0.2) is 0 Å². The third-order valence-electron chi connectivity index (χ3n) is 4.58. The van der Waals surface area contributed by atoms with Crippen LogP contribution in [0.25, 0.3) is 0 Å². The minimum absolute atomic E-state index is 0.423. The maximum absolute atomic E-state index is 5.87. The van der Waals surface area contributed by atoms with Crippen molar-refractivity contribution in [3.63, 3.8) is 0 Å². The Bertz CT molecular complexity index is 420. The summed E-state index contributed by atoms with van der Waals surface area (Å²) in [5, 5.41) is 0. The lowest BCUT2D eigenvalue weighted by atomic mass is 9.97. The number of nitrogens with zero attached hydrogens (tertiary/aromatic N) is 2. The van der Waals surface area contributed by atoms with E-state index >= 15 is 0 Å². The zero-order valence-electron chi connectivity index (χ0n) is 12.3. The van der Waals surface area contributed by atoms with Crippen LogP contribution in [0.1, 0.15) is 18.4 Å². The number of rotatable bonds is 4. The Labute approximate surface area is 121 Å². The van der Waals surface area contributed by atoms with Gasteiger partial charge in [0, 0.05) is 31.7 Å². The summed E-state index contributed by atoms with van der Waals surface area (Å²) in [6.07, 6.45) is 2.56. The van der Waals surface area contributed by atoms with Crippen molar-refractivity contribution in [3.8, 4) is 5.75 Å². The maximum Gasteiger partial charge on any atom is 0.118 e. The molecule has 2 saturated heterocycles. The average Bonchev–Trinajstić information content (AvgIpc) is 2.46. The topological polar surface area (TPSA) is 41.7 Å². The third kappa shape index (κ3) is 3.14. The second-order valence-electron chi connectivity index (χ2n) is 6.07. The van der Waals surface area contributed by atoms with Gasteiger partial charge in [0.05, 0.1) is 7.11 Å². The minimum atomic E-state index is 0.423. The van der Waals surface area contributed by atoms with Gasteiger partial charge in [-0.1, -0.05) is 12.1 Å². The van der Waals surface area contributed by atoms with Crippen molar-refractivity contribution in [2.24, 2.45) is 5.73 Å². The van der Waals surface area contributed by atoms with Crippen LogP contribution in [-0.4, -0.2) is 55.2 Å². The van der Waals surface area contributed by atoms with Gasteiger partial charge in [0.25, 0.3) is 0 Å². The van der Waals surface area contributed by atoms with Gasteiger partial charge in [-0.05, 0) is 43.6 Å². The SMILES string of the molecule is COc1ccc(CN2CCC(N3CC(N)C3)CC2)cc1. The van der Waals surface area contributed by atoms with Gasteiger partial charge in [-0.15, -0.1) is 0 Å². The number of ether oxygens (including phenoxy) is 1. The molecule has 2 aliphatic rings. The maximum atomic E-state index is 5.87. The van der Waals surface area contributed by atoms with Gasteiger partial charge in [0.2, 0.25) is 0 Å². The van der Waals surface area contributed by atoms with E-state index in [2.05, 4.69) is 21.9 Å². The van der Waals surface area contributed by atoms with Crippen LogP contribution in [-0.2, 0) is 6.54 Å². The Morgan fingerprint density at radius 3 is 2.35 bits per heavy atom. The molecule has 4 nitrogen and oxygen atoms in total. The number of methoxy groups -OCH3 is 1. The quantitative estimate of drug-likeness (QED) is 0.899. The second-order valence-corrected chi connectivity index (χ2v) is 6.07. The van der Waals surface area contributed by atoms with Crippen LogP contribution in [0.5, 0.6) is 5.75 Å². The number of nitrogens with two attached hydrogens (primary N) is 1. The van der Waals surface area contributed by atoms with Crippen molar-refractivity contribution >= 4 is 0 Å². The highest BCUT2D eigenvalue weighted by atomic mass is 16.5. The fourth-order valence-corrected chi connectivity index (χ4v) is 3.28. The van der Waals surface area contributed by atoms with Gasteiger partial charge < -0.3 is 10.5 Å². The van der Waals surface area contributed by atoms with Crippen molar-refractivity contribution in [3.05, 3.63) is 29.8 Å². The van der Waals surface area contributed by atoms with E-state index in [0.29, 0.717) is 6.04 Å². The lowest BCUT2D eigenvalue weighted by Gasteiger charge is -2.46. The van der Waals surface area contributed by atoms with Crippen molar-refractivity contribution in [1.29, 1.82) is 0 Å². The predicted octanol–water partition coefficient (Wildman–Crippen LogP) is 1.30. The molecule has 0 saturated carbocycles. The summed E-state index contributed by atoms with van der Waals surface area (Å²) >= 11 is 0. The molecule has 110 valence electrons. The number of benzene rings is 1. The van der Waals surface area contributed by atoms with Gasteiger partial charge in [0.1, 0.15) is 5.75 Å².